The van der Waals surface area contributed by atoms with Crippen molar-refractivity contribution in [3.63, 3.8) is 0 Å². The minimum atomic E-state index is 0.535. The third kappa shape index (κ3) is 2.03. The van der Waals surface area contributed by atoms with Crippen molar-refractivity contribution in [2.75, 3.05) is 6.54 Å². The van der Waals surface area contributed by atoms with Crippen LogP contribution in [0.1, 0.15) is 33.1 Å². The molecule has 11 heavy (non-hydrogen) atoms. The van der Waals surface area contributed by atoms with Gasteiger partial charge in [0.1, 0.15) is 6.29 Å². The van der Waals surface area contributed by atoms with Gasteiger partial charge in [0.05, 0.1) is 0 Å². The second-order valence-electron chi connectivity index (χ2n) is 3.53. The van der Waals surface area contributed by atoms with Crippen molar-refractivity contribution in [3.8, 4) is 0 Å². The Balaban J connectivity index is 2.43. The van der Waals surface area contributed by atoms with Crippen molar-refractivity contribution in [1.29, 1.82) is 0 Å². The summed E-state index contributed by atoms with van der Waals surface area (Å²) in [7, 11) is 0. The van der Waals surface area contributed by atoms with Crippen LogP contribution in [0.5, 0.6) is 0 Å². The zero-order valence-corrected chi connectivity index (χ0v) is 7.42. The average molecular weight is 155 g/mol. The van der Waals surface area contributed by atoms with Crippen LogP contribution in [0.15, 0.2) is 0 Å². The molecule has 0 aliphatic carbocycles. The number of hydrogen-bond donors (Lipinski definition) is 0. The summed E-state index contributed by atoms with van der Waals surface area (Å²) in [6, 6.07) is 1.13. The highest BCUT2D eigenvalue weighted by molar-refractivity contribution is 5.50. The highest BCUT2D eigenvalue weighted by Gasteiger charge is 2.25. The van der Waals surface area contributed by atoms with Crippen LogP contribution in [-0.2, 0) is 4.79 Å². The number of likely N-dealkylation sites (tertiary alicyclic amines) is 1. The van der Waals surface area contributed by atoms with E-state index in [1.54, 1.807) is 0 Å². The molecule has 1 heterocycles. The molecule has 0 bridgehead atoms. The van der Waals surface area contributed by atoms with Crippen molar-refractivity contribution in [2.45, 2.75) is 45.2 Å². The molecule has 0 aromatic heterocycles. The van der Waals surface area contributed by atoms with E-state index < -0.39 is 0 Å². The Morgan fingerprint density at radius 3 is 2.91 bits per heavy atom. The molecule has 0 N–H and O–H groups in total. The minimum Gasteiger partial charge on any atom is -0.303 e. The lowest BCUT2D eigenvalue weighted by molar-refractivity contribution is -0.108. The fourth-order valence-electron chi connectivity index (χ4n) is 1.90. The molecule has 1 unspecified atom stereocenters. The molecule has 2 nitrogen and oxygen atoms in total. The smallest absolute Gasteiger partial charge is 0.121 e. The molecule has 1 atom stereocenters. The quantitative estimate of drug-likeness (QED) is 0.575. The first-order valence-electron chi connectivity index (χ1n) is 4.45. The Morgan fingerprint density at radius 1 is 1.64 bits per heavy atom. The average Bonchev–Trinajstić information content (AvgIpc) is 2.36. The fraction of sp³-hybridized carbons (Fsp3) is 0.889. The first kappa shape index (κ1) is 8.72. The van der Waals surface area contributed by atoms with E-state index in [0.29, 0.717) is 12.1 Å². The first-order valence-corrected chi connectivity index (χ1v) is 4.45. The van der Waals surface area contributed by atoms with Gasteiger partial charge in [0.25, 0.3) is 0 Å². The Bertz CT molecular complexity index is 134. The molecular weight excluding hydrogens is 138 g/mol. The van der Waals surface area contributed by atoms with Crippen LogP contribution >= 0.6 is 0 Å². The summed E-state index contributed by atoms with van der Waals surface area (Å²) < 4.78 is 0. The van der Waals surface area contributed by atoms with Crippen molar-refractivity contribution in [2.24, 2.45) is 0 Å². The zero-order valence-electron chi connectivity index (χ0n) is 7.42. The van der Waals surface area contributed by atoms with Gasteiger partial charge in [-0.05, 0) is 33.2 Å². The van der Waals surface area contributed by atoms with Crippen LogP contribution in [0.2, 0.25) is 0 Å². The van der Waals surface area contributed by atoms with Crippen LogP contribution in [0.25, 0.3) is 0 Å². The maximum atomic E-state index is 10.3. The molecule has 64 valence electrons. The number of nitrogens with zero attached hydrogens (tertiary/aromatic N) is 1. The largest absolute Gasteiger partial charge is 0.303 e. The van der Waals surface area contributed by atoms with E-state index in [1.807, 2.05) is 0 Å². The summed E-state index contributed by atoms with van der Waals surface area (Å²) in [5.74, 6) is 0. The Kier molecular flexibility index (Phi) is 3.06. The van der Waals surface area contributed by atoms with Gasteiger partial charge in [0.2, 0.25) is 0 Å². The molecule has 0 aromatic carbocycles. The van der Waals surface area contributed by atoms with E-state index in [2.05, 4.69) is 18.7 Å². The molecule has 0 aromatic rings. The molecule has 1 fully saturated rings. The second kappa shape index (κ2) is 3.86. The van der Waals surface area contributed by atoms with E-state index in [4.69, 9.17) is 0 Å². The second-order valence-corrected chi connectivity index (χ2v) is 3.53. The third-order valence-corrected chi connectivity index (χ3v) is 2.45. The van der Waals surface area contributed by atoms with E-state index in [-0.39, 0.29) is 0 Å². The van der Waals surface area contributed by atoms with Gasteiger partial charge < -0.3 is 4.79 Å². The molecule has 1 aliphatic heterocycles. The highest BCUT2D eigenvalue weighted by Crippen LogP contribution is 2.21. The third-order valence-electron chi connectivity index (χ3n) is 2.45. The Labute approximate surface area is 68.6 Å². The SMILES string of the molecule is CC(C)N1CCCC1CC=O. The molecule has 1 aliphatic rings. The zero-order chi connectivity index (χ0) is 8.27. The molecule has 0 radical (unpaired) electrons. The lowest BCUT2D eigenvalue weighted by atomic mass is 10.1. The van der Waals surface area contributed by atoms with Crippen molar-refractivity contribution in [1.82, 2.24) is 4.90 Å². The summed E-state index contributed by atoms with van der Waals surface area (Å²) in [5.41, 5.74) is 0. The Morgan fingerprint density at radius 2 is 2.36 bits per heavy atom. The topological polar surface area (TPSA) is 20.3 Å². The van der Waals surface area contributed by atoms with Gasteiger partial charge >= 0.3 is 0 Å². The highest BCUT2D eigenvalue weighted by atomic mass is 16.1. The normalized spacial score (nSPS) is 26.3. The van der Waals surface area contributed by atoms with Crippen LogP contribution in [0, 0.1) is 0 Å². The minimum absolute atomic E-state index is 0.535. The van der Waals surface area contributed by atoms with Crippen molar-refractivity contribution in [3.05, 3.63) is 0 Å². The number of aldehydes is 1. The molecule has 0 spiro atoms. The van der Waals surface area contributed by atoms with Gasteiger partial charge in [-0.1, -0.05) is 0 Å². The van der Waals surface area contributed by atoms with Crippen LogP contribution in [0.4, 0.5) is 0 Å². The summed E-state index contributed by atoms with van der Waals surface area (Å²) >= 11 is 0. The number of hydrogen-bond acceptors (Lipinski definition) is 2. The fourth-order valence-corrected chi connectivity index (χ4v) is 1.90. The van der Waals surface area contributed by atoms with Gasteiger partial charge in [-0.25, -0.2) is 0 Å². The molecule has 0 saturated carbocycles. The van der Waals surface area contributed by atoms with Crippen molar-refractivity contribution < 1.29 is 4.79 Å². The lowest BCUT2D eigenvalue weighted by Crippen LogP contribution is -2.35. The summed E-state index contributed by atoms with van der Waals surface area (Å²) in [6.07, 6.45) is 4.23. The van der Waals surface area contributed by atoms with Crippen LogP contribution in [0.3, 0.4) is 0 Å². The van der Waals surface area contributed by atoms with Gasteiger partial charge in [-0.3, -0.25) is 4.90 Å². The monoisotopic (exact) mass is 155 g/mol. The number of carbonyl (C=O) groups is 1. The number of rotatable bonds is 3. The first-order chi connectivity index (χ1) is 5.25. The number of carbonyl (C=O) groups excluding carboxylic acids is 1. The van der Waals surface area contributed by atoms with Gasteiger partial charge in [-0.2, -0.15) is 0 Å². The summed E-state index contributed by atoms with van der Waals surface area (Å²) in [5, 5.41) is 0. The maximum absolute atomic E-state index is 10.3. The van der Waals surface area contributed by atoms with Gasteiger partial charge in [0, 0.05) is 18.5 Å². The van der Waals surface area contributed by atoms with E-state index in [1.165, 1.54) is 19.4 Å². The van der Waals surface area contributed by atoms with Crippen LogP contribution in [-0.4, -0.2) is 29.8 Å². The summed E-state index contributed by atoms with van der Waals surface area (Å²) in [4.78, 5) is 12.7. The molecule has 0 amide bonds. The molecular formula is C9H17NO. The molecule has 1 saturated heterocycles. The van der Waals surface area contributed by atoms with Gasteiger partial charge in [-0.15, -0.1) is 0 Å². The molecule has 1 rings (SSSR count). The van der Waals surface area contributed by atoms with E-state index in [0.717, 1.165) is 12.7 Å². The van der Waals surface area contributed by atoms with E-state index >= 15 is 0 Å². The Hall–Kier alpha value is -0.370. The van der Waals surface area contributed by atoms with Crippen LogP contribution < -0.4 is 0 Å². The predicted octanol–water partition coefficient (Wildman–Crippen LogP) is 1.45. The molecule has 2 heteroatoms. The van der Waals surface area contributed by atoms with E-state index in [9.17, 15) is 4.79 Å². The van der Waals surface area contributed by atoms with Gasteiger partial charge in [0.15, 0.2) is 0 Å². The maximum Gasteiger partial charge on any atom is 0.121 e. The lowest BCUT2D eigenvalue weighted by Gasteiger charge is -2.26. The predicted molar refractivity (Wildman–Crippen MR) is 45.5 cm³/mol. The van der Waals surface area contributed by atoms with Crippen molar-refractivity contribution >= 4 is 6.29 Å². The standard InChI is InChI=1S/C9H17NO/c1-8(2)10-6-3-4-9(10)5-7-11/h7-9H,3-6H2,1-2H3. The summed E-state index contributed by atoms with van der Waals surface area (Å²) in [6.45, 7) is 5.57.